The van der Waals surface area contributed by atoms with E-state index in [1.165, 1.54) is 0 Å². The van der Waals surface area contributed by atoms with Crippen LogP contribution in [-0.4, -0.2) is 0 Å². The lowest BCUT2D eigenvalue weighted by Gasteiger charge is -2.06. The Hall–Kier alpha value is -2.60. The smallest absolute Gasteiger partial charge is 0.127 e. The van der Waals surface area contributed by atoms with Crippen LogP contribution in [0.5, 0.6) is 11.5 Å². The molecule has 6 nitrogen and oxygen atoms in total. The van der Waals surface area contributed by atoms with Crippen LogP contribution in [0.15, 0.2) is 58.9 Å². The van der Waals surface area contributed by atoms with Gasteiger partial charge < -0.3 is 16.0 Å². The van der Waals surface area contributed by atoms with Gasteiger partial charge in [0, 0.05) is 5.69 Å². The molecular formula is C12H13N5O. The molecule has 0 heterocycles. The molecule has 0 aliphatic heterocycles. The second-order valence-electron chi connectivity index (χ2n) is 3.48. The fraction of sp³-hybridized carbons (Fsp3) is 0. The van der Waals surface area contributed by atoms with Gasteiger partial charge in [0.15, 0.2) is 0 Å². The molecule has 5 N–H and O–H groups in total. The third-order valence-electron chi connectivity index (χ3n) is 2.27. The van der Waals surface area contributed by atoms with Crippen LogP contribution in [0.2, 0.25) is 0 Å². The molecule has 18 heavy (non-hydrogen) atoms. The maximum atomic E-state index is 5.64. The first kappa shape index (κ1) is 11.9. The average molecular weight is 243 g/mol. The van der Waals surface area contributed by atoms with Crippen LogP contribution in [0.1, 0.15) is 0 Å². The first-order chi connectivity index (χ1) is 8.81. The van der Waals surface area contributed by atoms with Gasteiger partial charge in [-0.05, 0) is 48.5 Å². The van der Waals surface area contributed by atoms with E-state index in [2.05, 4.69) is 15.8 Å². The van der Waals surface area contributed by atoms with Gasteiger partial charge in [-0.25, -0.2) is 0 Å². The van der Waals surface area contributed by atoms with Crippen LogP contribution in [-0.2, 0) is 0 Å². The van der Waals surface area contributed by atoms with Gasteiger partial charge in [0.2, 0.25) is 0 Å². The molecule has 0 aliphatic rings. The molecule has 0 bridgehead atoms. The van der Waals surface area contributed by atoms with Crippen molar-refractivity contribution in [1.82, 2.24) is 0 Å². The summed E-state index contributed by atoms with van der Waals surface area (Å²) in [5.74, 6) is 11.7. The summed E-state index contributed by atoms with van der Waals surface area (Å²) in [6.07, 6.45) is 0. The Kier molecular flexibility index (Phi) is 3.72. The fourth-order valence-corrected chi connectivity index (χ4v) is 1.40. The number of ether oxygens (including phenoxy) is 1. The zero-order valence-electron chi connectivity index (χ0n) is 9.58. The van der Waals surface area contributed by atoms with Crippen molar-refractivity contribution < 1.29 is 4.74 Å². The Labute approximate surface area is 104 Å². The normalized spacial score (nSPS) is 10.5. The maximum Gasteiger partial charge on any atom is 0.127 e. The van der Waals surface area contributed by atoms with Gasteiger partial charge in [0.05, 0.1) is 5.69 Å². The highest BCUT2D eigenvalue weighted by atomic mass is 16.5. The van der Waals surface area contributed by atoms with E-state index in [1.54, 1.807) is 24.3 Å². The summed E-state index contributed by atoms with van der Waals surface area (Å²) in [6.45, 7) is 0. The quantitative estimate of drug-likeness (QED) is 0.437. The van der Waals surface area contributed by atoms with Crippen molar-refractivity contribution in [3.8, 4) is 11.5 Å². The molecule has 0 aromatic heterocycles. The van der Waals surface area contributed by atoms with E-state index in [4.69, 9.17) is 16.4 Å². The van der Waals surface area contributed by atoms with Crippen LogP contribution >= 0.6 is 0 Å². The number of anilines is 1. The van der Waals surface area contributed by atoms with Crippen LogP contribution in [0.4, 0.5) is 11.4 Å². The van der Waals surface area contributed by atoms with Crippen LogP contribution < -0.4 is 21.8 Å². The number of hydrogen-bond acceptors (Lipinski definition) is 5. The molecule has 0 amide bonds. The molecule has 2 rings (SSSR count). The number of nitrogens with two attached hydrogens (primary N) is 2. The summed E-state index contributed by atoms with van der Waals surface area (Å²) in [7, 11) is 0. The van der Waals surface area contributed by atoms with E-state index in [-0.39, 0.29) is 0 Å². The summed E-state index contributed by atoms with van der Waals surface area (Å²) in [4.78, 5) is 0. The maximum absolute atomic E-state index is 5.64. The molecule has 6 heteroatoms. The summed E-state index contributed by atoms with van der Waals surface area (Å²) in [5.41, 5.74) is 4.04. The molecule has 92 valence electrons. The van der Waals surface area contributed by atoms with Gasteiger partial charge in [0.1, 0.15) is 11.5 Å². The van der Waals surface area contributed by atoms with Crippen molar-refractivity contribution in [2.75, 3.05) is 5.43 Å². The molecule has 0 saturated heterocycles. The standard InChI is InChI=1S/C12H13N5O/c13-15-9-1-5-11(6-2-9)18-12-7-3-10(4-8-12)16-17-14/h1-8,15H,13H2,(H2,14,16). The molecule has 0 spiro atoms. The first-order valence-corrected chi connectivity index (χ1v) is 5.27. The lowest BCUT2D eigenvalue weighted by Crippen LogP contribution is -2.05. The molecule has 0 saturated carbocycles. The van der Waals surface area contributed by atoms with Crippen molar-refractivity contribution in [3.05, 3.63) is 48.5 Å². The summed E-state index contributed by atoms with van der Waals surface area (Å²) >= 11 is 0. The van der Waals surface area contributed by atoms with Crippen molar-refractivity contribution >= 4 is 11.4 Å². The summed E-state index contributed by atoms with van der Waals surface area (Å²) in [5, 5.41) is 6.91. The number of nitrogen functional groups attached to an aromatic ring is 1. The van der Waals surface area contributed by atoms with E-state index in [0.717, 1.165) is 11.4 Å². The largest absolute Gasteiger partial charge is 0.457 e. The minimum Gasteiger partial charge on any atom is -0.457 e. The molecule has 0 atom stereocenters. The first-order valence-electron chi connectivity index (χ1n) is 5.27. The summed E-state index contributed by atoms with van der Waals surface area (Å²) < 4.78 is 5.64. The van der Waals surface area contributed by atoms with Gasteiger partial charge in [-0.1, -0.05) is 5.22 Å². The predicted molar refractivity (Wildman–Crippen MR) is 69.5 cm³/mol. The minimum atomic E-state index is 0.674. The summed E-state index contributed by atoms with van der Waals surface area (Å²) in [6, 6.07) is 14.4. The monoisotopic (exact) mass is 243 g/mol. The van der Waals surface area contributed by atoms with E-state index in [1.807, 2.05) is 24.3 Å². The molecule has 0 aliphatic carbocycles. The minimum absolute atomic E-state index is 0.674. The average Bonchev–Trinajstić information content (AvgIpc) is 2.42. The van der Waals surface area contributed by atoms with Crippen molar-refractivity contribution in [2.24, 2.45) is 22.0 Å². The highest BCUT2D eigenvalue weighted by Gasteiger charge is 1.98. The Balaban J connectivity index is 2.08. The van der Waals surface area contributed by atoms with E-state index in [0.29, 0.717) is 11.4 Å². The van der Waals surface area contributed by atoms with Gasteiger partial charge in [-0.3, -0.25) is 5.84 Å². The molecule has 0 fully saturated rings. The number of hydrogen-bond donors (Lipinski definition) is 3. The predicted octanol–water partition coefficient (Wildman–Crippen LogP) is 2.72. The highest BCUT2D eigenvalue weighted by Crippen LogP contribution is 2.24. The van der Waals surface area contributed by atoms with Crippen molar-refractivity contribution in [2.45, 2.75) is 0 Å². The number of benzene rings is 2. The lowest BCUT2D eigenvalue weighted by atomic mass is 10.3. The van der Waals surface area contributed by atoms with Crippen LogP contribution in [0.3, 0.4) is 0 Å². The second kappa shape index (κ2) is 5.65. The van der Waals surface area contributed by atoms with Gasteiger partial charge in [-0.15, -0.1) is 5.11 Å². The molecule has 0 radical (unpaired) electrons. The van der Waals surface area contributed by atoms with Gasteiger partial charge >= 0.3 is 0 Å². The third kappa shape index (κ3) is 2.96. The second-order valence-corrected chi connectivity index (χ2v) is 3.48. The van der Waals surface area contributed by atoms with Gasteiger partial charge in [-0.2, -0.15) is 0 Å². The van der Waals surface area contributed by atoms with Gasteiger partial charge in [0.25, 0.3) is 0 Å². The number of hydrazine groups is 1. The van der Waals surface area contributed by atoms with E-state index < -0.39 is 0 Å². The number of nitrogens with one attached hydrogen (secondary N) is 1. The number of nitrogens with zero attached hydrogens (tertiary/aromatic N) is 2. The topological polar surface area (TPSA) is 98.0 Å². The lowest BCUT2D eigenvalue weighted by molar-refractivity contribution is 0.483. The van der Waals surface area contributed by atoms with Crippen LogP contribution in [0.25, 0.3) is 0 Å². The van der Waals surface area contributed by atoms with E-state index >= 15 is 0 Å². The molecule has 2 aromatic rings. The Morgan fingerprint density at radius 1 is 0.889 bits per heavy atom. The Bertz CT molecular complexity index is 521. The Morgan fingerprint density at radius 2 is 1.44 bits per heavy atom. The highest BCUT2D eigenvalue weighted by molar-refractivity contribution is 5.47. The third-order valence-corrected chi connectivity index (χ3v) is 2.27. The van der Waals surface area contributed by atoms with Crippen molar-refractivity contribution in [1.29, 1.82) is 0 Å². The zero-order chi connectivity index (χ0) is 12.8. The van der Waals surface area contributed by atoms with Crippen LogP contribution in [0, 0.1) is 0 Å². The molecule has 2 aromatic carbocycles. The molecular weight excluding hydrogens is 230 g/mol. The SMILES string of the molecule is NN=Nc1ccc(Oc2ccc(NN)cc2)cc1. The zero-order valence-corrected chi connectivity index (χ0v) is 9.58. The van der Waals surface area contributed by atoms with Crippen molar-refractivity contribution in [3.63, 3.8) is 0 Å². The Morgan fingerprint density at radius 3 is 1.94 bits per heavy atom. The fourth-order valence-electron chi connectivity index (χ4n) is 1.40. The number of rotatable bonds is 4. The van der Waals surface area contributed by atoms with E-state index in [9.17, 15) is 0 Å². The molecule has 0 unspecified atom stereocenters.